The van der Waals surface area contributed by atoms with Crippen LogP contribution in [0.1, 0.15) is 11.1 Å². The second-order valence-electron chi connectivity index (χ2n) is 4.39. The van der Waals surface area contributed by atoms with Gasteiger partial charge in [0.05, 0.1) is 10.6 Å². The highest BCUT2D eigenvalue weighted by Gasteiger charge is 2.17. The number of para-hydroxylation sites is 1. The van der Waals surface area contributed by atoms with Crippen molar-refractivity contribution in [2.45, 2.75) is 18.4 Å². The van der Waals surface area contributed by atoms with E-state index >= 15 is 0 Å². The average molecular weight is 294 g/mol. The summed E-state index contributed by atoms with van der Waals surface area (Å²) in [6, 6.07) is 10.6. The van der Waals surface area contributed by atoms with Crippen LogP contribution in [-0.2, 0) is 16.6 Å². The first-order valence-corrected chi connectivity index (χ1v) is 7.49. The van der Waals surface area contributed by atoms with E-state index in [0.717, 1.165) is 0 Å². The molecule has 2 aromatic rings. The summed E-state index contributed by atoms with van der Waals surface area (Å²) in [7, 11) is -3.84. The highest BCUT2D eigenvalue weighted by molar-refractivity contribution is 7.92. The van der Waals surface area contributed by atoms with Gasteiger partial charge in [0.2, 0.25) is 0 Å². The molecule has 0 amide bonds. The molecule has 0 atom stereocenters. The maximum Gasteiger partial charge on any atom is 0.262 e. The first-order chi connectivity index (χ1) is 9.44. The molecule has 6 heteroatoms. The van der Waals surface area contributed by atoms with Crippen molar-refractivity contribution in [3.63, 3.8) is 0 Å². The Morgan fingerprint density at radius 2 is 1.90 bits per heavy atom. The van der Waals surface area contributed by atoms with Gasteiger partial charge in [-0.1, -0.05) is 24.3 Å². The number of benzene rings is 2. The second kappa shape index (κ2) is 5.60. The SMILES string of the molecule is Cc1cccc(F)c1NS(=O)(=O)c1cccc(CN)c1. The Bertz CT molecular complexity index is 709. The van der Waals surface area contributed by atoms with Crippen LogP contribution < -0.4 is 10.5 Å². The molecule has 3 N–H and O–H groups in total. The summed E-state index contributed by atoms with van der Waals surface area (Å²) < 4.78 is 40.5. The molecular weight excluding hydrogens is 279 g/mol. The lowest BCUT2D eigenvalue weighted by Crippen LogP contribution is -2.15. The Kier molecular flexibility index (Phi) is 4.06. The molecule has 0 bridgehead atoms. The van der Waals surface area contributed by atoms with Gasteiger partial charge < -0.3 is 5.73 Å². The zero-order valence-corrected chi connectivity index (χ0v) is 11.7. The molecule has 0 spiro atoms. The number of rotatable bonds is 4. The van der Waals surface area contributed by atoms with Crippen LogP contribution in [0.2, 0.25) is 0 Å². The van der Waals surface area contributed by atoms with Gasteiger partial charge in [-0.3, -0.25) is 4.72 Å². The van der Waals surface area contributed by atoms with Crippen molar-refractivity contribution < 1.29 is 12.8 Å². The first kappa shape index (κ1) is 14.5. The minimum atomic E-state index is -3.84. The number of aryl methyl sites for hydroxylation is 1. The zero-order valence-electron chi connectivity index (χ0n) is 10.9. The predicted octanol–water partition coefficient (Wildman–Crippen LogP) is 2.39. The molecule has 0 aliphatic heterocycles. The van der Waals surface area contributed by atoms with Crippen molar-refractivity contribution in [3.05, 3.63) is 59.4 Å². The van der Waals surface area contributed by atoms with Gasteiger partial charge in [0.1, 0.15) is 5.82 Å². The summed E-state index contributed by atoms with van der Waals surface area (Å²) in [5.41, 5.74) is 6.66. The van der Waals surface area contributed by atoms with Crippen molar-refractivity contribution in [1.82, 2.24) is 0 Å². The number of halogens is 1. The fourth-order valence-corrected chi connectivity index (χ4v) is 3.00. The van der Waals surface area contributed by atoms with Crippen LogP contribution in [0.3, 0.4) is 0 Å². The first-order valence-electron chi connectivity index (χ1n) is 6.01. The molecule has 2 rings (SSSR count). The van der Waals surface area contributed by atoms with Gasteiger partial charge in [-0.25, -0.2) is 12.8 Å². The van der Waals surface area contributed by atoms with E-state index in [1.165, 1.54) is 24.3 Å². The van der Waals surface area contributed by atoms with Crippen molar-refractivity contribution in [3.8, 4) is 0 Å². The molecule has 0 unspecified atom stereocenters. The van der Waals surface area contributed by atoms with Crippen LogP contribution in [-0.4, -0.2) is 8.42 Å². The lowest BCUT2D eigenvalue weighted by Gasteiger charge is -2.12. The van der Waals surface area contributed by atoms with E-state index in [1.807, 2.05) is 0 Å². The van der Waals surface area contributed by atoms with Crippen molar-refractivity contribution in [2.24, 2.45) is 5.73 Å². The molecule has 0 saturated carbocycles. The molecule has 0 aliphatic rings. The van der Waals surface area contributed by atoms with Gasteiger partial charge in [0.15, 0.2) is 0 Å². The summed E-state index contributed by atoms with van der Waals surface area (Å²) in [6.45, 7) is 1.87. The van der Waals surface area contributed by atoms with Crippen LogP contribution in [0.4, 0.5) is 10.1 Å². The largest absolute Gasteiger partial charge is 0.326 e. The van der Waals surface area contributed by atoms with Gasteiger partial charge in [-0.2, -0.15) is 0 Å². The Morgan fingerprint density at radius 1 is 1.20 bits per heavy atom. The number of sulfonamides is 1. The minimum absolute atomic E-state index is 0.0364. The lowest BCUT2D eigenvalue weighted by molar-refractivity contribution is 0.598. The summed E-state index contributed by atoms with van der Waals surface area (Å²) >= 11 is 0. The standard InChI is InChI=1S/C14H15FN2O2S/c1-10-4-2-7-13(15)14(10)17-20(18,19)12-6-3-5-11(8-12)9-16/h2-8,17H,9,16H2,1H3. The van der Waals surface area contributed by atoms with Crippen LogP contribution in [0.15, 0.2) is 47.4 Å². The van der Waals surface area contributed by atoms with Gasteiger partial charge in [0.25, 0.3) is 10.0 Å². The Balaban J connectivity index is 2.41. The van der Waals surface area contributed by atoms with E-state index in [1.54, 1.807) is 25.1 Å². The second-order valence-corrected chi connectivity index (χ2v) is 6.07. The lowest BCUT2D eigenvalue weighted by atomic mass is 10.2. The molecule has 2 aromatic carbocycles. The minimum Gasteiger partial charge on any atom is -0.326 e. The highest BCUT2D eigenvalue weighted by atomic mass is 32.2. The number of anilines is 1. The monoisotopic (exact) mass is 294 g/mol. The van der Waals surface area contributed by atoms with Gasteiger partial charge in [-0.15, -0.1) is 0 Å². The number of hydrogen-bond donors (Lipinski definition) is 2. The molecule has 0 radical (unpaired) electrons. The Morgan fingerprint density at radius 3 is 2.55 bits per heavy atom. The molecule has 0 heterocycles. The van der Waals surface area contributed by atoms with E-state index in [0.29, 0.717) is 11.1 Å². The Labute approximate surface area is 117 Å². The van der Waals surface area contributed by atoms with Crippen molar-refractivity contribution in [2.75, 3.05) is 4.72 Å². The van der Waals surface area contributed by atoms with Gasteiger partial charge in [0, 0.05) is 6.54 Å². The average Bonchev–Trinajstić information content (AvgIpc) is 2.43. The zero-order chi connectivity index (χ0) is 14.8. The third kappa shape index (κ3) is 2.97. The summed E-state index contributed by atoms with van der Waals surface area (Å²) in [5, 5.41) is 0. The molecule has 0 aliphatic carbocycles. The summed E-state index contributed by atoms with van der Waals surface area (Å²) in [6.07, 6.45) is 0. The number of nitrogens with two attached hydrogens (primary N) is 1. The van der Waals surface area contributed by atoms with E-state index in [9.17, 15) is 12.8 Å². The van der Waals surface area contributed by atoms with E-state index in [4.69, 9.17) is 5.73 Å². The van der Waals surface area contributed by atoms with E-state index < -0.39 is 15.8 Å². The van der Waals surface area contributed by atoms with Crippen molar-refractivity contribution >= 4 is 15.7 Å². The van der Waals surface area contributed by atoms with Crippen LogP contribution in [0.5, 0.6) is 0 Å². The molecule has 0 aromatic heterocycles. The quantitative estimate of drug-likeness (QED) is 0.909. The van der Waals surface area contributed by atoms with E-state index in [-0.39, 0.29) is 17.1 Å². The topological polar surface area (TPSA) is 72.2 Å². The summed E-state index contributed by atoms with van der Waals surface area (Å²) in [5.74, 6) is -0.608. The smallest absolute Gasteiger partial charge is 0.262 e. The van der Waals surface area contributed by atoms with E-state index in [2.05, 4.69) is 4.72 Å². The highest BCUT2D eigenvalue weighted by Crippen LogP contribution is 2.23. The third-order valence-electron chi connectivity index (χ3n) is 2.90. The van der Waals surface area contributed by atoms with Gasteiger partial charge in [-0.05, 0) is 36.2 Å². The normalized spacial score (nSPS) is 11.3. The molecule has 0 saturated heterocycles. The maximum absolute atomic E-state index is 13.7. The predicted molar refractivity (Wildman–Crippen MR) is 76.3 cm³/mol. The third-order valence-corrected chi connectivity index (χ3v) is 4.25. The molecule has 4 nitrogen and oxygen atoms in total. The summed E-state index contributed by atoms with van der Waals surface area (Å²) in [4.78, 5) is 0.0584. The Hall–Kier alpha value is -1.92. The molecule has 0 fully saturated rings. The molecule has 20 heavy (non-hydrogen) atoms. The maximum atomic E-state index is 13.7. The fourth-order valence-electron chi connectivity index (χ4n) is 1.79. The molecule has 106 valence electrons. The number of nitrogens with one attached hydrogen (secondary N) is 1. The fraction of sp³-hybridized carbons (Fsp3) is 0.143. The van der Waals surface area contributed by atoms with Gasteiger partial charge >= 0.3 is 0 Å². The van der Waals surface area contributed by atoms with Crippen LogP contribution in [0.25, 0.3) is 0 Å². The van der Waals surface area contributed by atoms with Crippen LogP contribution in [0, 0.1) is 12.7 Å². The van der Waals surface area contributed by atoms with Crippen molar-refractivity contribution in [1.29, 1.82) is 0 Å². The molecular formula is C14H15FN2O2S. The van der Waals surface area contributed by atoms with Crippen LogP contribution >= 0.6 is 0 Å². The number of hydrogen-bond acceptors (Lipinski definition) is 3.